The number of aldehydes is 1. The lowest BCUT2D eigenvalue weighted by molar-refractivity contribution is -0.138. The average molecular weight is 626 g/mol. The molecule has 3 rings (SSSR count). The number of alkyl halides is 3. The Morgan fingerprint density at radius 2 is 1.61 bits per heavy atom. The Morgan fingerprint density at radius 3 is 2.22 bits per heavy atom. The summed E-state index contributed by atoms with van der Waals surface area (Å²) < 4.78 is 40.6. The van der Waals surface area contributed by atoms with Gasteiger partial charge in [0.05, 0.1) is 11.5 Å². The molecule has 5 nitrogen and oxygen atoms in total. The molecule has 0 radical (unpaired) electrons. The van der Waals surface area contributed by atoms with Gasteiger partial charge in [-0.2, -0.15) is 13.2 Å². The van der Waals surface area contributed by atoms with E-state index in [9.17, 15) is 27.6 Å². The summed E-state index contributed by atoms with van der Waals surface area (Å²) in [5.74, 6) is -1.49. The number of rotatable bonds is 9. The highest BCUT2D eigenvalue weighted by atomic mass is 79.9. The van der Waals surface area contributed by atoms with Gasteiger partial charge in [-0.25, -0.2) is 0 Å². The second kappa shape index (κ2) is 12.3. The fraction of sp³-hybridized carbons (Fsp3) is 0.192. The molecule has 0 saturated carbocycles. The first-order valence-electron chi connectivity index (χ1n) is 10.8. The maximum absolute atomic E-state index is 13.3. The van der Waals surface area contributed by atoms with Crippen molar-refractivity contribution in [3.05, 3.63) is 97.9 Å². The fourth-order valence-corrected chi connectivity index (χ4v) is 4.22. The smallest absolute Gasteiger partial charge is 0.352 e. The zero-order chi connectivity index (χ0) is 26.3. The van der Waals surface area contributed by atoms with E-state index in [1.807, 2.05) is 0 Å². The first-order chi connectivity index (χ1) is 17.1. The zero-order valence-corrected chi connectivity index (χ0v) is 21.9. The van der Waals surface area contributed by atoms with E-state index in [4.69, 9.17) is 0 Å². The van der Waals surface area contributed by atoms with E-state index in [2.05, 4.69) is 42.5 Å². The van der Waals surface area contributed by atoms with Crippen LogP contribution in [0.3, 0.4) is 0 Å². The lowest BCUT2D eigenvalue weighted by Crippen LogP contribution is -2.25. The summed E-state index contributed by atoms with van der Waals surface area (Å²) in [4.78, 5) is 35.8. The van der Waals surface area contributed by atoms with Gasteiger partial charge in [-0.05, 0) is 60.0 Å². The van der Waals surface area contributed by atoms with E-state index in [0.717, 1.165) is 22.4 Å². The second-order valence-electron chi connectivity index (χ2n) is 7.90. The third-order valence-corrected chi connectivity index (χ3v) is 6.55. The number of carbonyl (C=O) groups is 3. The second-order valence-corrected chi connectivity index (χ2v) is 9.67. The molecule has 36 heavy (non-hydrogen) atoms. The Bertz CT molecular complexity index is 1230. The van der Waals surface area contributed by atoms with Crippen LogP contribution in [0.5, 0.6) is 0 Å². The number of carbonyl (C=O) groups excluding carboxylic acids is 3. The highest BCUT2D eigenvalue weighted by Gasteiger charge is 2.33. The number of benzene rings is 3. The summed E-state index contributed by atoms with van der Waals surface area (Å²) in [5, 5.41) is 5.24. The SMILES string of the molecule is O=CCCNC(=O)c1ccc(CC(C(=O)Nc2ccc(Br)c(C(F)(F)F)c2)c2ccc(Br)cc2)cc1. The Hall–Kier alpha value is -2.98. The van der Waals surface area contributed by atoms with Crippen LogP contribution in [-0.2, 0) is 22.2 Å². The molecule has 3 aromatic carbocycles. The highest BCUT2D eigenvalue weighted by Crippen LogP contribution is 2.36. The van der Waals surface area contributed by atoms with Gasteiger partial charge < -0.3 is 15.4 Å². The first kappa shape index (κ1) is 27.6. The zero-order valence-electron chi connectivity index (χ0n) is 18.7. The van der Waals surface area contributed by atoms with Crippen LogP contribution in [0, 0.1) is 0 Å². The van der Waals surface area contributed by atoms with Crippen LogP contribution in [0.2, 0.25) is 0 Å². The van der Waals surface area contributed by atoms with Crippen molar-refractivity contribution >= 4 is 55.6 Å². The van der Waals surface area contributed by atoms with Gasteiger partial charge in [0.1, 0.15) is 6.29 Å². The largest absolute Gasteiger partial charge is 0.417 e. The number of hydrogen-bond acceptors (Lipinski definition) is 3. The summed E-state index contributed by atoms with van der Waals surface area (Å²) >= 11 is 6.26. The number of amides is 2. The third kappa shape index (κ3) is 7.51. The number of halogens is 5. The van der Waals surface area contributed by atoms with Crippen molar-refractivity contribution in [1.82, 2.24) is 5.32 Å². The predicted molar refractivity (Wildman–Crippen MR) is 138 cm³/mol. The lowest BCUT2D eigenvalue weighted by atomic mass is 9.90. The molecule has 2 amide bonds. The molecule has 0 bridgehead atoms. The van der Waals surface area contributed by atoms with Gasteiger partial charge in [-0.1, -0.05) is 56.1 Å². The topological polar surface area (TPSA) is 75.3 Å². The molecule has 2 N–H and O–H groups in total. The van der Waals surface area contributed by atoms with Crippen molar-refractivity contribution in [2.75, 3.05) is 11.9 Å². The normalized spacial score (nSPS) is 12.0. The summed E-state index contributed by atoms with van der Waals surface area (Å²) in [5.41, 5.74) is 0.986. The number of anilines is 1. The quantitative estimate of drug-likeness (QED) is 0.210. The molecule has 1 unspecified atom stereocenters. The molecule has 0 heterocycles. The maximum atomic E-state index is 13.3. The minimum atomic E-state index is -4.58. The molecule has 3 aromatic rings. The van der Waals surface area contributed by atoms with Crippen molar-refractivity contribution in [3.8, 4) is 0 Å². The standard InChI is InChI=1S/C26H21Br2F3N2O3/c27-19-8-6-17(7-9-19)21(14-16-2-4-18(5-3-16)24(35)32-12-1-13-34)25(36)33-20-10-11-23(28)22(15-20)26(29,30)31/h2-11,13,15,21H,1,12,14H2,(H,32,35)(H,33,36). The molecule has 188 valence electrons. The summed E-state index contributed by atoms with van der Waals surface area (Å²) in [6.07, 6.45) is -3.39. The molecule has 0 saturated heterocycles. The van der Waals surface area contributed by atoms with E-state index in [1.165, 1.54) is 12.1 Å². The van der Waals surface area contributed by atoms with Crippen LogP contribution in [0.4, 0.5) is 18.9 Å². The van der Waals surface area contributed by atoms with Crippen LogP contribution in [-0.4, -0.2) is 24.6 Å². The van der Waals surface area contributed by atoms with Crippen molar-refractivity contribution in [3.63, 3.8) is 0 Å². The van der Waals surface area contributed by atoms with Gasteiger partial charge in [0, 0.05) is 33.2 Å². The van der Waals surface area contributed by atoms with Crippen LogP contribution < -0.4 is 10.6 Å². The van der Waals surface area contributed by atoms with Crippen LogP contribution in [0.1, 0.15) is 39.4 Å². The molecule has 0 aliphatic heterocycles. The molecule has 10 heteroatoms. The lowest BCUT2D eigenvalue weighted by Gasteiger charge is -2.19. The molecular formula is C26H21Br2F3N2O3. The highest BCUT2D eigenvalue weighted by molar-refractivity contribution is 9.10. The van der Waals surface area contributed by atoms with Crippen molar-refractivity contribution < 1.29 is 27.6 Å². The summed E-state index contributed by atoms with van der Waals surface area (Å²) in [6, 6.07) is 17.3. The van der Waals surface area contributed by atoms with Crippen molar-refractivity contribution in [2.45, 2.75) is 24.9 Å². The Balaban J connectivity index is 1.83. The minimum absolute atomic E-state index is 0.0278. The van der Waals surface area contributed by atoms with Gasteiger partial charge >= 0.3 is 6.18 Å². The van der Waals surface area contributed by atoms with Crippen molar-refractivity contribution in [2.24, 2.45) is 0 Å². The molecule has 0 fully saturated rings. The van der Waals surface area contributed by atoms with E-state index < -0.39 is 23.6 Å². The average Bonchev–Trinajstić information content (AvgIpc) is 2.84. The van der Waals surface area contributed by atoms with Gasteiger partial charge in [-0.3, -0.25) is 9.59 Å². The molecular weight excluding hydrogens is 605 g/mol. The van der Waals surface area contributed by atoms with Gasteiger partial charge in [0.2, 0.25) is 5.91 Å². The predicted octanol–water partition coefficient (Wildman–Crippen LogP) is 6.51. The molecule has 1 atom stereocenters. The molecule has 0 aliphatic carbocycles. The molecule has 0 aromatic heterocycles. The molecule has 0 aliphatic rings. The fourth-order valence-electron chi connectivity index (χ4n) is 3.48. The van der Waals surface area contributed by atoms with Crippen LogP contribution >= 0.6 is 31.9 Å². The minimum Gasteiger partial charge on any atom is -0.352 e. The summed E-state index contributed by atoms with van der Waals surface area (Å²) in [6.45, 7) is 0.238. The monoisotopic (exact) mass is 624 g/mol. The van der Waals surface area contributed by atoms with E-state index in [0.29, 0.717) is 11.1 Å². The summed E-state index contributed by atoms with van der Waals surface area (Å²) in [7, 11) is 0. The van der Waals surface area contributed by atoms with E-state index >= 15 is 0 Å². The number of hydrogen-bond donors (Lipinski definition) is 2. The first-order valence-corrected chi connectivity index (χ1v) is 12.4. The Labute approximate surface area is 222 Å². The van der Waals surface area contributed by atoms with Crippen LogP contribution in [0.15, 0.2) is 75.7 Å². The van der Waals surface area contributed by atoms with E-state index in [-0.39, 0.29) is 35.5 Å². The number of nitrogens with one attached hydrogen (secondary N) is 2. The van der Waals surface area contributed by atoms with Crippen molar-refractivity contribution in [1.29, 1.82) is 0 Å². The maximum Gasteiger partial charge on any atom is 0.417 e. The van der Waals surface area contributed by atoms with E-state index in [1.54, 1.807) is 48.5 Å². The Morgan fingerprint density at radius 1 is 0.944 bits per heavy atom. The van der Waals surface area contributed by atoms with Gasteiger partial charge in [0.15, 0.2) is 0 Å². The third-order valence-electron chi connectivity index (χ3n) is 5.33. The van der Waals surface area contributed by atoms with Gasteiger partial charge in [-0.15, -0.1) is 0 Å². The van der Waals surface area contributed by atoms with Gasteiger partial charge in [0.25, 0.3) is 5.91 Å². The van der Waals surface area contributed by atoms with Crippen LogP contribution in [0.25, 0.3) is 0 Å². The Kier molecular flexibility index (Phi) is 9.44. The molecule has 0 spiro atoms.